The van der Waals surface area contributed by atoms with Crippen LogP contribution in [0.2, 0.25) is 0 Å². The van der Waals surface area contributed by atoms with E-state index in [4.69, 9.17) is 5.73 Å². The molecule has 0 aliphatic carbocycles. The molecule has 23 heavy (non-hydrogen) atoms. The van der Waals surface area contributed by atoms with Crippen LogP contribution >= 0.6 is 0 Å². The van der Waals surface area contributed by atoms with E-state index in [1.165, 1.54) is 17.9 Å². The molecule has 0 fully saturated rings. The summed E-state index contributed by atoms with van der Waals surface area (Å²) in [4.78, 5) is 34.9. The molecule has 0 saturated carbocycles. The maximum Gasteiger partial charge on any atom is 0.339 e. The fraction of sp³-hybridized carbons (Fsp3) is 0.214. The molecule has 2 aromatic rings. The lowest BCUT2D eigenvalue weighted by Crippen LogP contribution is -2.22. The van der Waals surface area contributed by atoms with Gasteiger partial charge in [-0.2, -0.15) is 0 Å². The van der Waals surface area contributed by atoms with Gasteiger partial charge in [0.25, 0.3) is 5.91 Å². The molecule has 0 saturated heterocycles. The highest BCUT2D eigenvalue weighted by atomic mass is 16.5. The SMILES string of the molecule is COC(=O)c1ccccc1NC(=O)Cn1nnc(C(N)=O)c1C. The van der Waals surface area contributed by atoms with Gasteiger partial charge in [-0.3, -0.25) is 9.59 Å². The average Bonchev–Trinajstić information content (AvgIpc) is 2.88. The van der Waals surface area contributed by atoms with Crippen LogP contribution < -0.4 is 11.1 Å². The number of hydrogen-bond donors (Lipinski definition) is 2. The molecule has 1 aromatic heterocycles. The van der Waals surface area contributed by atoms with Crippen molar-refractivity contribution in [3.8, 4) is 0 Å². The van der Waals surface area contributed by atoms with Gasteiger partial charge in [-0.15, -0.1) is 5.10 Å². The predicted octanol–water partition coefficient (Wildman–Crippen LogP) is 0.111. The van der Waals surface area contributed by atoms with Gasteiger partial charge < -0.3 is 15.8 Å². The van der Waals surface area contributed by atoms with Crippen molar-refractivity contribution in [2.75, 3.05) is 12.4 Å². The monoisotopic (exact) mass is 317 g/mol. The van der Waals surface area contributed by atoms with E-state index in [9.17, 15) is 14.4 Å². The van der Waals surface area contributed by atoms with Gasteiger partial charge in [0.1, 0.15) is 6.54 Å². The Hall–Kier alpha value is -3.23. The van der Waals surface area contributed by atoms with Crippen LogP contribution in [0.25, 0.3) is 0 Å². The van der Waals surface area contributed by atoms with E-state index in [-0.39, 0.29) is 17.8 Å². The minimum Gasteiger partial charge on any atom is -0.465 e. The second-order valence-corrected chi connectivity index (χ2v) is 4.63. The van der Waals surface area contributed by atoms with E-state index in [0.717, 1.165) is 0 Å². The summed E-state index contributed by atoms with van der Waals surface area (Å²) >= 11 is 0. The number of benzene rings is 1. The molecule has 3 N–H and O–H groups in total. The number of anilines is 1. The maximum atomic E-state index is 12.1. The molecular formula is C14H15N5O4. The number of methoxy groups -OCH3 is 1. The Morgan fingerprint density at radius 2 is 2.00 bits per heavy atom. The molecule has 0 aliphatic heterocycles. The van der Waals surface area contributed by atoms with E-state index in [1.54, 1.807) is 25.1 Å². The predicted molar refractivity (Wildman–Crippen MR) is 79.7 cm³/mol. The molecular weight excluding hydrogens is 302 g/mol. The average molecular weight is 317 g/mol. The van der Waals surface area contributed by atoms with Gasteiger partial charge in [-0.25, -0.2) is 9.48 Å². The number of rotatable bonds is 5. The van der Waals surface area contributed by atoms with E-state index >= 15 is 0 Å². The van der Waals surface area contributed by atoms with Gasteiger partial charge in [0.05, 0.1) is 24.1 Å². The summed E-state index contributed by atoms with van der Waals surface area (Å²) in [5.41, 5.74) is 6.08. The van der Waals surface area contributed by atoms with Gasteiger partial charge >= 0.3 is 5.97 Å². The van der Waals surface area contributed by atoms with Gasteiger partial charge in [0.15, 0.2) is 5.69 Å². The zero-order chi connectivity index (χ0) is 17.0. The third-order valence-electron chi connectivity index (χ3n) is 3.12. The van der Waals surface area contributed by atoms with E-state index in [0.29, 0.717) is 11.4 Å². The molecule has 9 heteroatoms. The maximum absolute atomic E-state index is 12.1. The standard InChI is InChI=1S/C14H15N5O4/c1-8-12(13(15)21)17-18-19(8)7-11(20)16-10-6-4-3-5-9(10)14(22)23-2/h3-6H,7H2,1-2H3,(H2,15,21)(H,16,20). The molecule has 1 aromatic carbocycles. The minimum atomic E-state index is -0.717. The molecule has 2 amide bonds. The first kappa shape index (κ1) is 16.1. The number of carbonyl (C=O) groups excluding carboxylic acids is 3. The topological polar surface area (TPSA) is 129 Å². The van der Waals surface area contributed by atoms with Crippen molar-refractivity contribution in [2.45, 2.75) is 13.5 Å². The van der Waals surface area contributed by atoms with E-state index < -0.39 is 17.8 Å². The number of carbonyl (C=O) groups is 3. The third-order valence-corrected chi connectivity index (χ3v) is 3.12. The van der Waals surface area contributed by atoms with Crippen LogP contribution in [-0.2, 0) is 16.1 Å². The number of nitrogens with zero attached hydrogens (tertiary/aromatic N) is 3. The summed E-state index contributed by atoms with van der Waals surface area (Å²) in [6, 6.07) is 6.44. The summed E-state index contributed by atoms with van der Waals surface area (Å²) in [7, 11) is 1.26. The Morgan fingerprint density at radius 3 is 2.61 bits per heavy atom. The lowest BCUT2D eigenvalue weighted by atomic mass is 10.2. The van der Waals surface area contributed by atoms with Crippen molar-refractivity contribution in [1.82, 2.24) is 15.0 Å². The molecule has 2 rings (SSSR count). The van der Waals surface area contributed by atoms with Crippen LogP contribution in [0, 0.1) is 6.92 Å². The number of para-hydroxylation sites is 1. The minimum absolute atomic E-state index is 0.00719. The van der Waals surface area contributed by atoms with E-state index in [2.05, 4.69) is 20.4 Å². The van der Waals surface area contributed by atoms with Crippen molar-refractivity contribution in [3.63, 3.8) is 0 Å². The van der Waals surface area contributed by atoms with Crippen molar-refractivity contribution in [1.29, 1.82) is 0 Å². The number of ether oxygens (including phenoxy) is 1. The molecule has 9 nitrogen and oxygen atoms in total. The first-order chi connectivity index (χ1) is 10.9. The van der Waals surface area contributed by atoms with Gasteiger partial charge in [0.2, 0.25) is 5.91 Å². The Balaban J connectivity index is 2.15. The van der Waals surface area contributed by atoms with Crippen LogP contribution in [-0.4, -0.2) is 39.9 Å². The lowest BCUT2D eigenvalue weighted by molar-refractivity contribution is -0.117. The molecule has 0 unspecified atom stereocenters. The zero-order valence-corrected chi connectivity index (χ0v) is 12.6. The molecule has 120 valence electrons. The van der Waals surface area contributed by atoms with E-state index in [1.807, 2.05) is 0 Å². The summed E-state index contributed by atoms with van der Waals surface area (Å²) in [6.45, 7) is 1.40. The van der Waals surface area contributed by atoms with Crippen molar-refractivity contribution >= 4 is 23.5 Å². The third kappa shape index (κ3) is 3.51. The molecule has 0 radical (unpaired) electrons. The normalized spacial score (nSPS) is 10.2. The van der Waals surface area contributed by atoms with Crippen molar-refractivity contribution < 1.29 is 19.1 Å². The fourth-order valence-electron chi connectivity index (χ4n) is 1.94. The van der Waals surface area contributed by atoms with Crippen LogP contribution in [0.5, 0.6) is 0 Å². The second-order valence-electron chi connectivity index (χ2n) is 4.63. The Kier molecular flexibility index (Phi) is 4.69. The number of esters is 1. The molecule has 0 atom stereocenters. The lowest BCUT2D eigenvalue weighted by Gasteiger charge is -2.10. The molecule has 0 bridgehead atoms. The molecule has 0 aliphatic rings. The first-order valence-electron chi connectivity index (χ1n) is 6.61. The Bertz CT molecular complexity index is 768. The number of hydrogen-bond acceptors (Lipinski definition) is 6. The van der Waals surface area contributed by atoms with Crippen LogP contribution in [0.4, 0.5) is 5.69 Å². The number of aromatic nitrogens is 3. The summed E-state index contributed by atoms with van der Waals surface area (Å²) in [6.07, 6.45) is 0. The fourth-order valence-corrected chi connectivity index (χ4v) is 1.94. The van der Waals surface area contributed by atoms with Crippen LogP contribution in [0.15, 0.2) is 24.3 Å². The molecule has 1 heterocycles. The van der Waals surface area contributed by atoms with Crippen LogP contribution in [0.1, 0.15) is 26.5 Å². The summed E-state index contributed by atoms with van der Waals surface area (Å²) < 4.78 is 5.90. The highest BCUT2D eigenvalue weighted by Crippen LogP contribution is 2.16. The number of primary amides is 1. The smallest absolute Gasteiger partial charge is 0.339 e. The number of nitrogens with two attached hydrogens (primary N) is 1. The van der Waals surface area contributed by atoms with Crippen molar-refractivity contribution in [2.24, 2.45) is 5.73 Å². The highest BCUT2D eigenvalue weighted by molar-refractivity contribution is 6.01. The first-order valence-corrected chi connectivity index (χ1v) is 6.61. The van der Waals surface area contributed by atoms with Crippen molar-refractivity contribution in [3.05, 3.63) is 41.2 Å². The Labute approximate surface area is 131 Å². The Morgan fingerprint density at radius 1 is 1.30 bits per heavy atom. The number of amides is 2. The van der Waals surface area contributed by atoms with Gasteiger partial charge in [0, 0.05) is 0 Å². The summed E-state index contributed by atoms with van der Waals surface area (Å²) in [5, 5.41) is 9.92. The highest BCUT2D eigenvalue weighted by Gasteiger charge is 2.17. The molecule has 0 spiro atoms. The summed E-state index contributed by atoms with van der Waals surface area (Å²) in [5.74, 6) is -1.72. The second kappa shape index (κ2) is 6.69. The van der Waals surface area contributed by atoms with Crippen LogP contribution in [0.3, 0.4) is 0 Å². The largest absolute Gasteiger partial charge is 0.465 e. The zero-order valence-electron chi connectivity index (χ0n) is 12.6. The number of nitrogens with one attached hydrogen (secondary N) is 1. The van der Waals surface area contributed by atoms with Gasteiger partial charge in [-0.1, -0.05) is 17.3 Å². The van der Waals surface area contributed by atoms with Gasteiger partial charge in [-0.05, 0) is 19.1 Å². The quantitative estimate of drug-likeness (QED) is 0.753.